The standard InChI is InChI=1S/C10H19NO2/c1-5-6-9(12)11-8(2)13-7-10(11,3)4/h8H,5-7H2,1-4H3. The van der Waals surface area contributed by atoms with Crippen LogP contribution in [-0.2, 0) is 9.53 Å². The minimum atomic E-state index is -0.133. The van der Waals surface area contributed by atoms with Crippen molar-refractivity contribution in [3.8, 4) is 0 Å². The van der Waals surface area contributed by atoms with Crippen molar-refractivity contribution < 1.29 is 9.53 Å². The molecule has 0 radical (unpaired) electrons. The lowest BCUT2D eigenvalue weighted by molar-refractivity contribution is -0.139. The van der Waals surface area contributed by atoms with E-state index < -0.39 is 0 Å². The molecule has 1 fully saturated rings. The molecule has 0 aromatic heterocycles. The number of rotatable bonds is 2. The fraction of sp³-hybridized carbons (Fsp3) is 0.900. The Bertz CT molecular complexity index is 201. The molecule has 0 aromatic carbocycles. The summed E-state index contributed by atoms with van der Waals surface area (Å²) in [5, 5.41) is 0. The van der Waals surface area contributed by atoms with Gasteiger partial charge in [-0.15, -0.1) is 0 Å². The van der Waals surface area contributed by atoms with Gasteiger partial charge >= 0.3 is 0 Å². The van der Waals surface area contributed by atoms with E-state index in [0.717, 1.165) is 6.42 Å². The average molecular weight is 185 g/mol. The summed E-state index contributed by atoms with van der Waals surface area (Å²) < 4.78 is 5.45. The van der Waals surface area contributed by atoms with Crippen LogP contribution in [0.2, 0.25) is 0 Å². The van der Waals surface area contributed by atoms with Gasteiger partial charge in [0.25, 0.3) is 0 Å². The molecule has 1 atom stereocenters. The van der Waals surface area contributed by atoms with E-state index in [0.29, 0.717) is 13.0 Å². The second-order valence-corrected chi connectivity index (χ2v) is 4.24. The Kier molecular flexibility index (Phi) is 2.96. The van der Waals surface area contributed by atoms with Crippen LogP contribution in [0.3, 0.4) is 0 Å². The smallest absolute Gasteiger partial charge is 0.225 e. The first kappa shape index (κ1) is 10.5. The number of amides is 1. The Labute approximate surface area is 80.1 Å². The number of carbonyl (C=O) groups excluding carboxylic acids is 1. The minimum Gasteiger partial charge on any atom is -0.356 e. The second kappa shape index (κ2) is 3.66. The van der Waals surface area contributed by atoms with Crippen molar-refractivity contribution in [1.29, 1.82) is 0 Å². The quantitative estimate of drug-likeness (QED) is 0.656. The molecule has 76 valence electrons. The molecule has 0 spiro atoms. The Hall–Kier alpha value is -0.570. The summed E-state index contributed by atoms with van der Waals surface area (Å²) in [7, 11) is 0. The van der Waals surface area contributed by atoms with Gasteiger partial charge in [0.2, 0.25) is 5.91 Å². The Morgan fingerprint density at radius 1 is 1.62 bits per heavy atom. The van der Waals surface area contributed by atoms with Crippen molar-refractivity contribution in [2.45, 2.75) is 52.3 Å². The molecule has 0 N–H and O–H groups in total. The minimum absolute atomic E-state index is 0.0611. The molecule has 3 heteroatoms. The lowest BCUT2D eigenvalue weighted by Crippen LogP contribution is -2.47. The normalized spacial score (nSPS) is 26.5. The summed E-state index contributed by atoms with van der Waals surface area (Å²) >= 11 is 0. The molecule has 1 unspecified atom stereocenters. The largest absolute Gasteiger partial charge is 0.356 e. The average Bonchev–Trinajstić information content (AvgIpc) is 2.26. The summed E-state index contributed by atoms with van der Waals surface area (Å²) in [6.45, 7) is 8.69. The van der Waals surface area contributed by atoms with E-state index in [1.165, 1.54) is 0 Å². The zero-order valence-corrected chi connectivity index (χ0v) is 8.96. The summed E-state index contributed by atoms with van der Waals surface area (Å²) in [6, 6.07) is 0. The van der Waals surface area contributed by atoms with E-state index in [2.05, 4.69) is 0 Å². The Morgan fingerprint density at radius 3 is 2.62 bits per heavy atom. The molecule has 0 aliphatic carbocycles. The van der Waals surface area contributed by atoms with Crippen LogP contribution in [0.25, 0.3) is 0 Å². The van der Waals surface area contributed by atoms with Crippen LogP contribution in [0.1, 0.15) is 40.5 Å². The van der Waals surface area contributed by atoms with Gasteiger partial charge in [-0.05, 0) is 27.2 Å². The fourth-order valence-electron chi connectivity index (χ4n) is 1.84. The molecule has 1 amide bonds. The summed E-state index contributed by atoms with van der Waals surface area (Å²) in [5.41, 5.74) is -0.133. The first-order chi connectivity index (χ1) is 5.99. The van der Waals surface area contributed by atoms with Crippen LogP contribution >= 0.6 is 0 Å². The van der Waals surface area contributed by atoms with Crippen LogP contribution in [0.15, 0.2) is 0 Å². The molecule has 1 rings (SSSR count). The van der Waals surface area contributed by atoms with Gasteiger partial charge in [-0.3, -0.25) is 4.79 Å². The van der Waals surface area contributed by atoms with Crippen LogP contribution in [-0.4, -0.2) is 29.2 Å². The van der Waals surface area contributed by atoms with E-state index in [4.69, 9.17) is 4.74 Å². The molecule has 3 nitrogen and oxygen atoms in total. The van der Waals surface area contributed by atoms with Gasteiger partial charge in [0.15, 0.2) is 0 Å². The van der Waals surface area contributed by atoms with Gasteiger partial charge in [-0.25, -0.2) is 0 Å². The van der Waals surface area contributed by atoms with Crippen LogP contribution in [0, 0.1) is 0 Å². The maximum absolute atomic E-state index is 11.7. The van der Waals surface area contributed by atoms with E-state index in [1.807, 2.05) is 32.6 Å². The first-order valence-corrected chi connectivity index (χ1v) is 4.93. The molecule has 1 aliphatic rings. The molecule has 1 saturated heterocycles. The topological polar surface area (TPSA) is 29.5 Å². The number of ether oxygens (including phenoxy) is 1. The molecular weight excluding hydrogens is 166 g/mol. The van der Waals surface area contributed by atoms with Crippen molar-refractivity contribution in [1.82, 2.24) is 4.90 Å². The summed E-state index contributed by atoms with van der Waals surface area (Å²) in [4.78, 5) is 13.6. The third-order valence-electron chi connectivity index (χ3n) is 2.43. The maximum atomic E-state index is 11.7. The first-order valence-electron chi connectivity index (χ1n) is 4.93. The third kappa shape index (κ3) is 2.02. The zero-order valence-electron chi connectivity index (χ0n) is 8.96. The van der Waals surface area contributed by atoms with Gasteiger partial charge in [0, 0.05) is 6.42 Å². The predicted octanol–water partition coefficient (Wildman–Crippen LogP) is 1.77. The van der Waals surface area contributed by atoms with Crippen molar-refractivity contribution in [3.05, 3.63) is 0 Å². The lowest BCUT2D eigenvalue weighted by atomic mass is 10.0. The van der Waals surface area contributed by atoms with E-state index in [9.17, 15) is 4.79 Å². The molecule has 1 aliphatic heterocycles. The van der Waals surface area contributed by atoms with E-state index >= 15 is 0 Å². The predicted molar refractivity (Wildman–Crippen MR) is 51.2 cm³/mol. The Balaban J connectivity index is 2.70. The van der Waals surface area contributed by atoms with Crippen molar-refractivity contribution in [3.63, 3.8) is 0 Å². The molecule has 1 heterocycles. The summed E-state index contributed by atoms with van der Waals surface area (Å²) in [5.74, 6) is 0.206. The highest BCUT2D eigenvalue weighted by atomic mass is 16.5. The zero-order chi connectivity index (χ0) is 10.1. The molecule has 0 aromatic rings. The van der Waals surface area contributed by atoms with Gasteiger partial charge < -0.3 is 9.64 Å². The van der Waals surface area contributed by atoms with Crippen LogP contribution in [0.4, 0.5) is 0 Å². The highest BCUT2D eigenvalue weighted by molar-refractivity contribution is 5.77. The maximum Gasteiger partial charge on any atom is 0.225 e. The summed E-state index contributed by atoms with van der Waals surface area (Å²) in [6.07, 6.45) is 1.46. The van der Waals surface area contributed by atoms with E-state index in [-0.39, 0.29) is 17.7 Å². The number of hydrogen-bond acceptors (Lipinski definition) is 2. The van der Waals surface area contributed by atoms with Crippen molar-refractivity contribution in [2.24, 2.45) is 0 Å². The van der Waals surface area contributed by atoms with Gasteiger partial charge in [0.1, 0.15) is 6.23 Å². The van der Waals surface area contributed by atoms with Crippen molar-refractivity contribution in [2.75, 3.05) is 6.61 Å². The SMILES string of the molecule is CCCC(=O)N1C(C)OCC1(C)C. The molecule has 0 bridgehead atoms. The molecular formula is C10H19NO2. The lowest BCUT2D eigenvalue weighted by Gasteiger charge is -2.32. The monoisotopic (exact) mass is 185 g/mol. The van der Waals surface area contributed by atoms with E-state index in [1.54, 1.807) is 0 Å². The number of hydrogen-bond donors (Lipinski definition) is 0. The fourth-order valence-corrected chi connectivity index (χ4v) is 1.84. The molecule has 13 heavy (non-hydrogen) atoms. The second-order valence-electron chi connectivity index (χ2n) is 4.24. The highest BCUT2D eigenvalue weighted by Crippen LogP contribution is 2.27. The van der Waals surface area contributed by atoms with Crippen molar-refractivity contribution >= 4 is 5.91 Å². The van der Waals surface area contributed by atoms with Crippen LogP contribution in [0.5, 0.6) is 0 Å². The van der Waals surface area contributed by atoms with Gasteiger partial charge in [0.05, 0.1) is 12.1 Å². The van der Waals surface area contributed by atoms with Crippen LogP contribution < -0.4 is 0 Å². The number of nitrogens with zero attached hydrogens (tertiary/aromatic N) is 1. The van der Waals surface area contributed by atoms with Gasteiger partial charge in [-0.1, -0.05) is 6.92 Å². The Morgan fingerprint density at radius 2 is 2.23 bits per heavy atom. The molecule has 0 saturated carbocycles. The van der Waals surface area contributed by atoms with Gasteiger partial charge in [-0.2, -0.15) is 0 Å². The number of carbonyl (C=O) groups is 1. The third-order valence-corrected chi connectivity index (χ3v) is 2.43. The highest BCUT2D eigenvalue weighted by Gasteiger charge is 2.40.